The van der Waals surface area contributed by atoms with Crippen LogP contribution in [0.25, 0.3) is 0 Å². The molecule has 1 aliphatic heterocycles. The fourth-order valence-corrected chi connectivity index (χ4v) is 5.79. The second-order valence-electron chi connectivity index (χ2n) is 10.3. The van der Waals surface area contributed by atoms with E-state index in [9.17, 15) is 13.6 Å². The Morgan fingerprint density at radius 2 is 2.03 bits per heavy atom. The Hall–Kier alpha value is -2.06. The first-order valence-corrected chi connectivity index (χ1v) is 12.2. The number of halogens is 3. The van der Waals surface area contributed by atoms with Gasteiger partial charge in [-0.1, -0.05) is 38.3 Å². The van der Waals surface area contributed by atoms with E-state index in [0.717, 1.165) is 48.7 Å². The standard InChI is InChI=1S/C25H37ClF2N4O2/c1-15-21-16(11-13-32(15)23(33)17-8-6-7-12-24(17,2)3)18(26)9-10-20(21)34-14-19(29)22(31(5)30)25(4,27)28/h9-10,15,17H,6-8,11-14,29-30H2,1-5H3/b22-19-. The van der Waals surface area contributed by atoms with Gasteiger partial charge in [-0.2, -0.15) is 8.78 Å². The number of amides is 1. The summed E-state index contributed by atoms with van der Waals surface area (Å²) >= 11 is 6.50. The number of nitrogens with two attached hydrogens (primary N) is 2. The van der Waals surface area contributed by atoms with Crippen molar-refractivity contribution in [1.29, 1.82) is 0 Å². The fraction of sp³-hybridized carbons (Fsp3) is 0.640. The maximum atomic E-state index is 14.0. The fourth-order valence-electron chi connectivity index (χ4n) is 5.53. The molecule has 0 aromatic heterocycles. The highest BCUT2D eigenvalue weighted by Crippen LogP contribution is 2.45. The number of hydrogen-bond donors (Lipinski definition) is 2. The molecule has 2 atom stereocenters. The van der Waals surface area contributed by atoms with Crippen LogP contribution < -0.4 is 16.3 Å². The molecule has 1 saturated carbocycles. The zero-order valence-electron chi connectivity index (χ0n) is 20.8. The third-order valence-electron chi connectivity index (χ3n) is 7.29. The van der Waals surface area contributed by atoms with Crippen LogP contribution >= 0.6 is 11.6 Å². The van der Waals surface area contributed by atoms with Crippen LogP contribution in [0.2, 0.25) is 5.02 Å². The minimum Gasteiger partial charge on any atom is -0.487 e. The Bertz CT molecular complexity index is 959. The van der Waals surface area contributed by atoms with E-state index in [0.29, 0.717) is 23.7 Å². The second kappa shape index (κ2) is 9.90. The SMILES string of the molecule is CC1c2c(OC/C(N)=C(/N(C)N)C(C)(F)F)ccc(Cl)c2CCN1C(=O)C1CCCCC1(C)C. The molecule has 0 radical (unpaired) electrons. The van der Waals surface area contributed by atoms with Crippen LogP contribution in [0.1, 0.15) is 70.5 Å². The minimum absolute atomic E-state index is 0.0261. The summed E-state index contributed by atoms with van der Waals surface area (Å²) < 4.78 is 33.9. The number of hydrazine groups is 1. The lowest BCUT2D eigenvalue weighted by Gasteiger charge is -2.44. The van der Waals surface area contributed by atoms with Gasteiger partial charge in [-0.3, -0.25) is 4.79 Å². The lowest BCUT2D eigenvalue weighted by Crippen LogP contribution is -2.47. The third-order valence-corrected chi connectivity index (χ3v) is 7.65. The Morgan fingerprint density at radius 3 is 2.62 bits per heavy atom. The highest BCUT2D eigenvalue weighted by atomic mass is 35.5. The number of carbonyl (C=O) groups is 1. The maximum Gasteiger partial charge on any atom is 0.287 e. The van der Waals surface area contributed by atoms with Gasteiger partial charge in [0.2, 0.25) is 5.91 Å². The molecule has 2 unspecified atom stereocenters. The van der Waals surface area contributed by atoms with Crippen molar-refractivity contribution in [1.82, 2.24) is 9.91 Å². The van der Waals surface area contributed by atoms with Crippen LogP contribution in [-0.2, 0) is 11.2 Å². The van der Waals surface area contributed by atoms with Gasteiger partial charge in [-0.25, -0.2) is 5.84 Å². The van der Waals surface area contributed by atoms with Crippen LogP contribution in [0.4, 0.5) is 8.78 Å². The molecule has 3 rings (SSSR count). The van der Waals surface area contributed by atoms with Crippen molar-refractivity contribution in [3.8, 4) is 5.75 Å². The summed E-state index contributed by atoms with van der Waals surface area (Å²) in [6.45, 7) is 7.36. The number of nitrogens with zero attached hydrogens (tertiary/aromatic N) is 2. The van der Waals surface area contributed by atoms with E-state index in [1.54, 1.807) is 12.1 Å². The summed E-state index contributed by atoms with van der Waals surface area (Å²) in [4.78, 5) is 15.6. The van der Waals surface area contributed by atoms with Crippen molar-refractivity contribution in [2.45, 2.75) is 71.8 Å². The second-order valence-corrected chi connectivity index (χ2v) is 10.8. The first-order valence-electron chi connectivity index (χ1n) is 11.9. The van der Waals surface area contributed by atoms with E-state index < -0.39 is 11.6 Å². The van der Waals surface area contributed by atoms with E-state index in [-0.39, 0.29) is 35.6 Å². The van der Waals surface area contributed by atoms with Crippen LogP contribution in [0.5, 0.6) is 5.75 Å². The number of alkyl halides is 2. The first kappa shape index (κ1) is 26.5. The highest BCUT2D eigenvalue weighted by molar-refractivity contribution is 6.31. The smallest absolute Gasteiger partial charge is 0.287 e. The van der Waals surface area contributed by atoms with Crippen LogP contribution in [0.3, 0.4) is 0 Å². The number of rotatable bonds is 6. The lowest BCUT2D eigenvalue weighted by atomic mass is 9.68. The number of fused-ring (bicyclic) bond motifs is 1. The van der Waals surface area contributed by atoms with E-state index in [1.807, 2.05) is 11.8 Å². The van der Waals surface area contributed by atoms with Crippen molar-refractivity contribution in [2.75, 3.05) is 20.2 Å². The zero-order chi connectivity index (χ0) is 25.4. The highest BCUT2D eigenvalue weighted by Gasteiger charge is 2.42. The summed E-state index contributed by atoms with van der Waals surface area (Å²) in [7, 11) is 1.31. The lowest BCUT2D eigenvalue weighted by molar-refractivity contribution is -0.143. The van der Waals surface area contributed by atoms with Gasteiger partial charge in [-0.05, 0) is 49.3 Å². The average Bonchev–Trinajstić information content (AvgIpc) is 2.71. The molecular formula is C25H37ClF2N4O2. The van der Waals surface area contributed by atoms with Gasteiger partial charge in [-0.15, -0.1) is 0 Å². The molecule has 1 aromatic carbocycles. The summed E-state index contributed by atoms with van der Waals surface area (Å²) in [5.74, 6) is 2.98. The van der Waals surface area contributed by atoms with Gasteiger partial charge in [0, 0.05) is 37.0 Å². The Balaban J connectivity index is 1.90. The summed E-state index contributed by atoms with van der Waals surface area (Å²) in [6.07, 6.45) is 4.74. The summed E-state index contributed by atoms with van der Waals surface area (Å²) in [5.41, 5.74) is 6.97. The number of benzene rings is 1. The largest absolute Gasteiger partial charge is 0.487 e. The van der Waals surface area contributed by atoms with E-state index >= 15 is 0 Å². The quantitative estimate of drug-likeness (QED) is 0.425. The predicted molar refractivity (Wildman–Crippen MR) is 130 cm³/mol. The Labute approximate surface area is 206 Å². The van der Waals surface area contributed by atoms with Gasteiger partial charge >= 0.3 is 0 Å². The Morgan fingerprint density at radius 1 is 1.35 bits per heavy atom. The Kier molecular flexibility index (Phi) is 7.73. The average molecular weight is 499 g/mol. The van der Waals surface area contributed by atoms with E-state index in [1.165, 1.54) is 7.05 Å². The third kappa shape index (κ3) is 5.28. The molecule has 34 heavy (non-hydrogen) atoms. The van der Waals surface area contributed by atoms with Crippen LogP contribution in [-0.4, -0.2) is 41.9 Å². The monoisotopic (exact) mass is 498 g/mol. The molecule has 0 saturated heterocycles. The number of carbonyl (C=O) groups excluding carboxylic acids is 1. The summed E-state index contributed by atoms with van der Waals surface area (Å²) in [5, 5.41) is 1.41. The van der Waals surface area contributed by atoms with Crippen molar-refractivity contribution >= 4 is 17.5 Å². The topological polar surface area (TPSA) is 84.8 Å². The maximum absolute atomic E-state index is 14.0. The molecule has 1 aliphatic carbocycles. The number of hydrogen-bond acceptors (Lipinski definition) is 5. The molecular weight excluding hydrogens is 462 g/mol. The molecule has 1 heterocycles. The normalized spacial score (nSPS) is 23.1. The molecule has 0 bridgehead atoms. The van der Waals surface area contributed by atoms with E-state index in [2.05, 4.69) is 13.8 Å². The molecule has 9 heteroatoms. The van der Waals surface area contributed by atoms with Crippen LogP contribution in [0.15, 0.2) is 23.5 Å². The first-order chi connectivity index (χ1) is 15.8. The van der Waals surface area contributed by atoms with Crippen LogP contribution in [0, 0.1) is 11.3 Å². The molecule has 2 aliphatic rings. The number of ether oxygens (including phenoxy) is 1. The summed E-state index contributed by atoms with van der Waals surface area (Å²) in [6, 6.07) is 3.17. The molecule has 190 valence electrons. The zero-order valence-corrected chi connectivity index (χ0v) is 21.5. The van der Waals surface area contributed by atoms with Gasteiger partial charge in [0.15, 0.2) is 0 Å². The van der Waals surface area contributed by atoms with Crippen molar-refractivity contribution in [3.05, 3.63) is 39.7 Å². The van der Waals surface area contributed by atoms with E-state index in [4.69, 9.17) is 27.9 Å². The molecule has 1 amide bonds. The van der Waals surface area contributed by atoms with Gasteiger partial charge in [0.25, 0.3) is 5.92 Å². The molecule has 6 nitrogen and oxygen atoms in total. The van der Waals surface area contributed by atoms with Crippen molar-refractivity contribution in [2.24, 2.45) is 22.9 Å². The van der Waals surface area contributed by atoms with Gasteiger partial charge in [0.1, 0.15) is 18.1 Å². The minimum atomic E-state index is -3.22. The van der Waals surface area contributed by atoms with Crippen molar-refractivity contribution < 1.29 is 18.3 Å². The van der Waals surface area contributed by atoms with Crippen molar-refractivity contribution in [3.63, 3.8) is 0 Å². The molecule has 1 aromatic rings. The van der Waals surface area contributed by atoms with Gasteiger partial charge < -0.3 is 20.4 Å². The molecule has 4 N–H and O–H groups in total. The van der Waals surface area contributed by atoms with Gasteiger partial charge in [0.05, 0.1) is 11.7 Å². The molecule has 1 fully saturated rings. The number of allylic oxidation sites excluding steroid dienone is 1. The predicted octanol–water partition coefficient (Wildman–Crippen LogP) is 5.01. The molecule has 0 spiro atoms.